The quantitative estimate of drug-likeness (QED) is 0.579. The fraction of sp³-hybridized carbons (Fsp3) is 0.480. The molecule has 4 aliphatic rings. The normalized spacial score (nSPS) is 23.7. The van der Waals surface area contributed by atoms with Crippen molar-refractivity contribution in [1.82, 2.24) is 14.7 Å². The van der Waals surface area contributed by atoms with E-state index >= 15 is 0 Å². The lowest BCUT2D eigenvalue weighted by Crippen LogP contribution is -2.49. The van der Waals surface area contributed by atoms with Gasteiger partial charge in [0.15, 0.2) is 0 Å². The number of allylic oxidation sites excluding steroid dienone is 2. The molecule has 0 radical (unpaired) electrons. The van der Waals surface area contributed by atoms with Gasteiger partial charge >= 0.3 is 0 Å². The lowest BCUT2D eigenvalue weighted by atomic mass is 9.93. The van der Waals surface area contributed by atoms with Crippen LogP contribution in [-0.4, -0.2) is 97.0 Å². The van der Waals surface area contributed by atoms with E-state index in [1.54, 1.807) is 11.0 Å². The van der Waals surface area contributed by atoms with Gasteiger partial charge in [0.05, 0.1) is 24.6 Å². The summed E-state index contributed by atoms with van der Waals surface area (Å²) in [5.74, 6) is -0.537. The van der Waals surface area contributed by atoms with Gasteiger partial charge in [0.1, 0.15) is 11.7 Å². The second kappa shape index (κ2) is 10.3. The number of nitrogens with zero attached hydrogens (tertiary/aromatic N) is 5. The fourth-order valence-corrected chi connectivity index (χ4v) is 5.22. The van der Waals surface area contributed by atoms with Gasteiger partial charge in [-0.3, -0.25) is 14.6 Å². The van der Waals surface area contributed by atoms with Crippen LogP contribution in [0.3, 0.4) is 0 Å². The molecule has 0 saturated carbocycles. The molecule has 1 aromatic rings. The van der Waals surface area contributed by atoms with E-state index in [-0.39, 0.29) is 17.6 Å². The van der Waals surface area contributed by atoms with E-state index < -0.39 is 0 Å². The lowest BCUT2D eigenvalue weighted by Gasteiger charge is -2.37. The van der Waals surface area contributed by atoms with Gasteiger partial charge in [-0.25, -0.2) is 9.38 Å². The summed E-state index contributed by atoms with van der Waals surface area (Å²) in [6.07, 6.45) is 6.78. The summed E-state index contributed by atoms with van der Waals surface area (Å²) >= 11 is 5.46. The van der Waals surface area contributed by atoms with E-state index in [0.717, 1.165) is 63.6 Å². The average Bonchev–Trinajstić information content (AvgIpc) is 2.87. The molecule has 1 unspecified atom stereocenters. The second-order valence-electron chi connectivity index (χ2n) is 8.94. The van der Waals surface area contributed by atoms with Crippen molar-refractivity contribution in [2.24, 2.45) is 10.9 Å². The number of piperazine rings is 1. The number of ether oxygens (including phenoxy) is 1. The number of rotatable bonds is 6. The molecular weight excluding hydrogens is 453 g/mol. The molecule has 9 heteroatoms. The molecule has 5 rings (SSSR count). The fourth-order valence-electron chi connectivity index (χ4n) is 4.93. The molecule has 0 bridgehead atoms. The van der Waals surface area contributed by atoms with Crippen LogP contribution in [-0.2, 0) is 9.53 Å². The summed E-state index contributed by atoms with van der Waals surface area (Å²) in [4.78, 5) is 26.2. The summed E-state index contributed by atoms with van der Waals surface area (Å²) in [6, 6.07) is 6.94. The van der Waals surface area contributed by atoms with Gasteiger partial charge in [-0.05, 0) is 55.5 Å². The van der Waals surface area contributed by atoms with Crippen LogP contribution < -0.4 is 4.90 Å². The van der Waals surface area contributed by atoms with Crippen LogP contribution >= 0.6 is 12.2 Å². The Morgan fingerprint density at radius 1 is 1.00 bits per heavy atom. The predicted octanol–water partition coefficient (Wildman–Crippen LogP) is 2.31. The number of para-hydroxylation sites is 1. The van der Waals surface area contributed by atoms with Crippen molar-refractivity contribution in [2.75, 3.05) is 70.5 Å². The number of hydrogen-bond donors (Lipinski definition) is 0. The van der Waals surface area contributed by atoms with E-state index in [4.69, 9.17) is 17.0 Å². The average molecular weight is 484 g/mol. The van der Waals surface area contributed by atoms with Gasteiger partial charge in [-0.1, -0.05) is 12.1 Å². The Bertz CT molecular complexity index is 1030. The molecule has 34 heavy (non-hydrogen) atoms. The highest BCUT2D eigenvalue weighted by Crippen LogP contribution is 2.25. The number of amides is 1. The SMILES string of the molecule is O=C1C2C=C(N3CCOCC3)C=CC2=NC(=S)N1CCCN1CCN(c2ccccc2F)CC1. The van der Waals surface area contributed by atoms with Crippen molar-refractivity contribution in [3.63, 3.8) is 0 Å². The largest absolute Gasteiger partial charge is 0.378 e. The number of carbonyl (C=O) groups is 1. The molecular formula is C25H30FN5O2S. The van der Waals surface area contributed by atoms with Crippen molar-refractivity contribution >= 4 is 34.6 Å². The molecule has 3 aliphatic heterocycles. The zero-order chi connectivity index (χ0) is 23.5. The maximum absolute atomic E-state index is 14.1. The third kappa shape index (κ3) is 4.92. The molecule has 1 atom stereocenters. The molecule has 0 N–H and O–H groups in total. The molecule has 1 amide bonds. The molecule has 1 aromatic carbocycles. The second-order valence-corrected chi connectivity index (χ2v) is 9.31. The summed E-state index contributed by atoms with van der Waals surface area (Å²) in [5.41, 5.74) is 2.46. The Balaban J connectivity index is 1.14. The van der Waals surface area contributed by atoms with Crippen LogP contribution in [0.1, 0.15) is 6.42 Å². The third-order valence-corrected chi connectivity index (χ3v) is 7.18. The number of morpholine rings is 1. The van der Waals surface area contributed by atoms with E-state index in [2.05, 4.69) is 19.7 Å². The molecule has 180 valence electrons. The lowest BCUT2D eigenvalue weighted by molar-refractivity contribution is -0.128. The van der Waals surface area contributed by atoms with Crippen molar-refractivity contribution in [1.29, 1.82) is 0 Å². The molecule has 3 heterocycles. The molecule has 0 aromatic heterocycles. The smallest absolute Gasteiger partial charge is 0.241 e. The number of aliphatic imine (C=N–C) groups is 1. The Kier molecular flexibility index (Phi) is 7.03. The van der Waals surface area contributed by atoms with Gasteiger partial charge in [0, 0.05) is 51.5 Å². The zero-order valence-corrected chi connectivity index (χ0v) is 20.1. The minimum atomic E-state index is -0.376. The van der Waals surface area contributed by atoms with Gasteiger partial charge in [-0.2, -0.15) is 0 Å². The highest BCUT2D eigenvalue weighted by Gasteiger charge is 2.35. The molecule has 7 nitrogen and oxygen atoms in total. The van der Waals surface area contributed by atoms with Crippen molar-refractivity contribution in [3.05, 3.63) is 54.0 Å². The molecule has 1 aliphatic carbocycles. The zero-order valence-electron chi connectivity index (χ0n) is 19.2. The maximum Gasteiger partial charge on any atom is 0.241 e. The van der Waals surface area contributed by atoms with E-state index in [0.29, 0.717) is 30.6 Å². The monoisotopic (exact) mass is 483 g/mol. The van der Waals surface area contributed by atoms with Crippen molar-refractivity contribution < 1.29 is 13.9 Å². The molecule has 2 saturated heterocycles. The highest BCUT2D eigenvalue weighted by molar-refractivity contribution is 7.80. The molecule has 2 fully saturated rings. The minimum Gasteiger partial charge on any atom is -0.378 e. The maximum atomic E-state index is 14.1. The van der Waals surface area contributed by atoms with Crippen LogP contribution in [0.5, 0.6) is 0 Å². The summed E-state index contributed by atoms with van der Waals surface area (Å²) in [5, 5.41) is 0.355. The first-order valence-corrected chi connectivity index (χ1v) is 12.4. The number of benzene rings is 1. The minimum absolute atomic E-state index is 0.00878. The van der Waals surface area contributed by atoms with Crippen LogP contribution in [0.2, 0.25) is 0 Å². The number of fused-ring (bicyclic) bond motifs is 1. The van der Waals surface area contributed by atoms with Crippen LogP contribution in [0, 0.1) is 11.7 Å². The van der Waals surface area contributed by atoms with Crippen LogP contribution in [0.15, 0.2) is 53.2 Å². The Morgan fingerprint density at radius 2 is 1.76 bits per heavy atom. The van der Waals surface area contributed by atoms with E-state index in [9.17, 15) is 9.18 Å². The highest BCUT2D eigenvalue weighted by atomic mass is 32.1. The Morgan fingerprint density at radius 3 is 2.53 bits per heavy atom. The number of anilines is 1. The first-order valence-electron chi connectivity index (χ1n) is 12.0. The summed E-state index contributed by atoms with van der Waals surface area (Å²) < 4.78 is 19.5. The standard InChI is InChI=1S/C25H30FN5O2S/c26-21-4-1-2-5-23(21)30-12-10-28(11-13-30)8-3-9-31-24(32)20-18-19(29-14-16-33-17-15-29)6-7-22(20)27-25(31)34/h1-2,4-7,18,20H,3,8-17H2. The first-order chi connectivity index (χ1) is 16.6. The number of halogens is 1. The van der Waals surface area contributed by atoms with Gasteiger partial charge in [0.25, 0.3) is 0 Å². The molecule has 0 spiro atoms. The summed E-state index contributed by atoms with van der Waals surface area (Å²) in [7, 11) is 0. The van der Waals surface area contributed by atoms with E-state index in [1.165, 1.54) is 6.07 Å². The first kappa shape index (κ1) is 23.1. The summed E-state index contributed by atoms with van der Waals surface area (Å²) in [6.45, 7) is 7.81. The van der Waals surface area contributed by atoms with E-state index in [1.807, 2.05) is 30.4 Å². The topological polar surface area (TPSA) is 51.6 Å². The number of hydrogen-bond acceptors (Lipinski definition) is 6. The Labute approximate surface area is 205 Å². The predicted molar refractivity (Wildman–Crippen MR) is 135 cm³/mol. The van der Waals surface area contributed by atoms with Gasteiger partial charge in [0.2, 0.25) is 11.0 Å². The van der Waals surface area contributed by atoms with Crippen molar-refractivity contribution in [2.45, 2.75) is 6.42 Å². The number of thiocarbonyl (C=S) groups is 1. The van der Waals surface area contributed by atoms with Crippen molar-refractivity contribution in [3.8, 4) is 0 Å². The van der Waals surface area contributed by atoms with Gasteiger partial charge < -0.3 is 14.5 Å². The number of carbonyl (C=O) groups excluding carboxylic acids is 1. The Hall–Kier alpha value is -2.62. The van der Waals surface area contributed by atoms with Crippen LogP contribution in [0.25, 0.3) is 0 Å². The third-order valence-electron chi connectivity index (χ3n) is 6.87. The van der Waals surface area contributed by atoms with Gasteiger partial charge in [-0.15, -0.1) is 0 Å². The van der Waals surface area contributed by atoms with Crippen LogP contribution in [0.4, 0.5) is 10.1 Å².